The molecule has 0 aromatic rings. The van der Waals surface area contributed by atoms with Crippen LogP contribution < -0.4 is 0 Å². The van der Waals surface area contributed by atoms with Crippen LogP contribution in [0.3, 0.4) is 0 Å². The molecule has 5 heteroatoms. The normalized spacial score (nSPS) is 12.5. The quantitative estimate of drug-likeness (QED) is 0.581. The SMILES string of the molecule is O=C(O)CCC(I)CC(=O)O. The first kappa shape index (κ1) is 10.7. The summed E-state index contributed by atoms with van der Waals surface area (Å²) in [6, 6.07) is 0. The third kappa shape index (κ3) is 7.57. The van der Waals surface area contributed by atoms with Crippen LogP contribution in [-0.4, -0.2) is 26.1 Å². The second-order valence-electron chi connectivity index (χ2n) is 2.13. The van der Waals surface area contributed by atoms with Crippen LogP contribution in [0.15, 0.2) is 0 Å². The molecule has 0 radical (unpaired) electrons. The van der Waals surface area contributed by atoms with Crippen LogP contribution in [0.25, 0.3) is 0 Å². The maximum atomic E-state index is 10.1. The molecular formula is C6H9IO4. The fourth-order valence-electron chi connectivity index (χ4n) is 0.572. The molecule has 0 saturated heterocycles. The van der Waals surface area contributed by atoms with E-state index in [9.17, 15) is 9.59 Å². The molecule has 11 heavy (non-hydrogen) atoms. The van der Waals surface area contributed by atoms with E-state index in [1.165, 1.54) is 0 Å². The van der Waals surface area contributed by atoms with Crippen LogP contribution in [0.5, 0.6) is 0 Å². The van der Waals surface area contributed by atoms with Gasteiger partial charge in [-0.15, -0.1) is 0 Å². The molecule has 0 aliphatic carbocycles. The van der Waals surface area contributed by atoms with E-state index in [1.807, 2.05) is 22.6 Å². The van der Waals surface area contributed by atoms with Crippen molar-refractivity contribution in [3.8, 4) is 0 Å². The molecule has 0 bridgehead atoms. The van der Waals surface area contributed by atoms with Crippen LogP contribution in [0, 0.1) is 0 Å². The van der Waals surface area contributed by atoms with Gasteiger partial charge >= 0.3 is 11.9 Å². The lowest BCUT2D eigenvalue weighted by Gasteiger charge is -2.02. The third-order valence-electron chi connectivity index (χ3n) is 1.07. The van der Waals surface area contributed by atoms with Crippen LogP contribution in [-0.2, 0) is 9.59 Å². The molecule has 0 spiro atoms. The van der Waals surface area contributed by atoms with Gasteiger partial charge in [-0.05, 0) is 6.42 Å². The smallest absolute Gasteiger partial charge is 0.304 e. The minimum atomic E-state index is -0.880. The van der Waals surface area contributed by atoms with E-state index in [0.717, 1.165) is 0 Å². The van der Waals surface area contributed by atoms with E-state index < -0.39 is 11.9 Å². The van der Waals surface area contributed by atoms with Crippen LogP contribution >= 0.6 is 22.6 Å². The molecule has 1 unspecified atom stereocenters. The fraction of sp³-hybridized carbons (Fsp3) is 0.667. The van der Waals surface area contributed by atoms with E-state index in [-0.39, 0.29) is 16.8 Å². The minimum Gasteiger partial charge on any atom is -0.481 e. The molecule has 0 heterocycles. The number of carboxylic acids is 2. The van der Waals surface area contributed by atoms with Crippen LogP contribution in [0.1, 0.15) is 19.3 Å². The van der Waals surface area contributed by atoms with Gasteiger partial charge in [0.2, 0.25) is 0 Å². The van der Waals surface area contributed by atoms with Crippen molar-refractivity contribution in [2.75, 3.05) is 0 Å². The second-order valence-corrected chi connectivity index (χ2v) is 3.89. The van der Waals surface area contributed by atoms with Gasteiger partial charge in [0, 0.05) is 10.3 Å². The van der Waals surface area contributed by atoms with Crippen molar-refractivity contribution < 1.29 is 19.8 Å². The van der Waals surface area contributed by atoms with Gasteiger partial charge in [0.15, 0.2) is 0 Å². The number of rotatable bonds is 5. The molecule has 0 aliphatic rings. The zero-order valence-corrected chi connectivity index (χ0v) is 7.95. The Hall–Kier alpha value is -0.330. The van der Waals surface area contributed by atoms with Crippen LogP contribution in [0.2, 0.25) is 0 Å². The molecule has 64 valence electrons. The maximum absolute atomic E-state index is 10.1. The average Bonchev–Trinajstić information content (AvgIpc) is 1.82. The van der Waals surface area contributed by atoms with E-state index >= 15 is 0 Å². The van der Waals surface area contributed by atoms with E-state index in [1.54, 1.807) is 0 Å². The first-order valence-corrected chi connectivity index (χ1v) is 4.34. The van der Waals surface area contributed by atoms with Crippen molar-refractivity contribution in [3.63, 3.8) is 0 Å². The van der Waals surface area contributed by atoms with Crippen LogP contribution in [0.4, 0.5) is 0 Å². The number of hydrogen-bond acceptors (Lipinski definition) is 2. The Kier molecular flexibility index (Phi) is 5.18. The van der Waals surface area contributed by atoms with Gasteiger partial charge in [-0.3, -0.25) is 9.59 Å². The number of alkyl halides is 1. The monoisotopic (exact) mass is 272 g/mol. The van der Waals surface area contributed by atoms with Crippen molar-refractivity contribution in [3.05, 3.63) is 0 Å². The van der Waals surface area contributed by atoms with Crippen molar-refractivity contribution in [2.24, 2.45) is 0 Å². The Labute approximate surface area is 77.7 Å². The van der Waals surface area contributed by atoms with Gasteiger partial charge in [-0.25, -0.2) is 0 Å². The maximum Gasteiger partial charge on any atom is 0.304 e. The molecule has 0 fully saturated rings. The zero-order valence-electron chi connectivity index (χ0n) is 5.79. The highest BCUT2D eigenvalue weighted by Crippen LogP contribution is 2.12. The molecule has 0 rings (SSSR count). The Morgan fingerprint density at radius 3 is 2.18 bits per heavy atom. The highest BCUT2D eigenvalue weighted by atomic mass is 127. The van der Waals surface area contributed by atoms with Crippen molar-refractivity contribution in [1.82, 2.24) is 0 Å². The first-order valence-electron chi connectivity index (χ1n) is 3.10. The third-order valence-corrected chi connectivity index (χ3v) is 2.13. The molecule has 0 aromatic heterocycles. The van der Waals surface area contributed by atoms with Gasteiger partial charge in [0.1, 0.15) is 0 Å². The molecular weight excluding hydrogens is 263 g/mol. The summed E-state index contributed by atoms with van der Waals surface area (Å²) in [5.41, 5.74) is 0. The van der Waals surface area contributed by atoms with Gasteiger partial charge in [-0.2, -0.15) is 0 Å². The largest absolute Gasteiger partial charge is 0.481 e. The summed E-state index contributed by atoms with van der Waals surface area (Å²) in [5, 5.41) is 16.5. The second kappa shape index (κ2) is 5.34. The topological polar surface area (TPSA) is 74.6 Å². The fourth-order valence-corrected chi connectivity index (χ4v) is 1.26. The Morgan fingerprint density at radius 1 is 1.27 bits per heavy atom. The van der Waals surface area contributed by atoms with Crippen molar-refractivity contribution >= 4 is 34.5 Å². The summed E-state index contributed by atoms with van der Waals surface area (Å²) in [6.07, 6.45) is 0.497. The summed E-state index contributed by atoms with van der Waals surface area (Å²) in [4.78, 5) is 20.1. The predicted octanol–water partition coefficient (Wildman–Crippen LogP) is 1.13. The first-order chi connectivity index (χ1) is 5.02. The Morgan fingerprint density at radius 2 is 1.82 bits per heavy atom. The Balaban J connectivity index is 3.44. The minimum absolute atomic E-state index is 0.0356. The van der Waals surface area contributed by atoms with Gasteiger partial charge in [0.25, 0.3) is 0 Å². The average molecular weight is 272 g/mol. The molecule has 1 atom stereocenters. The molecule has 0 saturated carbocycles. The summed E-state index contributed by atoms with van der Waals surface area (Å²) < 4.78 is -0.0822. The highest BCUT2D eigenvalue weighted by molar-refractivity contribution is 14.1. The van der Waals surface area contributed by atoms with Crippen molar-refractivity contribution in [2.45, 2.75) is 23.2 Å². The summed E-state index contributed by atoms with van der Waals surface area (Å²) in [5.74, 6) is -1.76. The standard InChI is InChI=1S/C6H9IO4/c7-4(3-6(10)11)1-2-5(8)9/h4H,1-3H2,(H,8,9)(H,10,11). The lowest BCUT2D eigenvalue weighted by atomic mass is 10.2. The lowest BCUT2D eigenvalue weighted by molar-refractivity contribution is -0.139. The summed E-state index contributed by atoms with van der Waals surface area (Å²) in [7, 11) is 0. The zero-order chi connectivity index (χ0) is 8.85. The Bertz CT molecular complexity index is 157. The molecule has 0 amide bonds. The molecule has 2 N–H and O–H groups in total. The number of halogens is 1. The van der Waals surface area contributed by atoms with Gasteiger partial charge in [-0.1, -0.05) is 22.6 Å². The number of aliphatic carboxylic acids is 2. The number of hydrogen-bond donors (Lipinski definition) is 2. The molecule has 0 aliphatic heterocycles. The summed E-state index contributed by atoms with van der Waals surface area (Å²) >= 11 is 1.95. The van der Waals surface area contributed by atoms with Gasteiger partial charge < -0.3 is 10.2 Å². The lowest BCUT2D eigenvalue weighted by Crippen LogP contribution is -2.08. The molecule has 4 nitrogen and oxygen atoms in total. The van der Waals surface area contributed by atoms with Gasteiger partial charge in [0.05, 0.1) is 6.42 Å². The molecule has 0 aromatic carbocycles. The van der Waals surface area contributed by atoms with E-state index in [2.05, 4.69) is 0 Å². The van der Waals surface area contributed by atoms with E-state index in [0.29, 0.717) is 6.42 Å². The van der Waals surface area contributed by atoms with Crippen molar-refractivity contribution in [1.29, 1.82) is 0 Å². The number of carboxylic acid groups (broad SMARTS) is 2. The number of carbonyl (C=O) groups is 2. The highest BCUT2D eigenvalue weighted by Gasteiger charge is 2.10. The predicted molar refractivity (Wildman–Crippen MR) is 46.9 cm³/mol. The summed E-state index contributed by atoms with van der Waals surface area (Å²) in [6.45, 7) is 0. The van der Waals surface area contributed by atoms with E-state index in [4.69, 9.17) is 10.2 Å².